The van der Waals surface area contributed by atoms with Crippen molar-refractivity contribution in [2.45, 2.75) is 32.2 Å². The van der Waals surface area contributed by atoms with E-state index in [0.29, 0.717) is 6.54 Å². The van der Waals surface area contributed by atoms with Crippen molar-refractivity contribution in [2.75, 3.05) is 11.9 Å². The highest BCUT2D eigenvalue weighted by Crippen LogP contribution is 2.25. The molecule has 0 saturated carbocycles. The topological polar surface area (TPSA) is 38.0 Å². The molecule has 0 aromatic heterocycles. The quantitative estimate of drug-likeness (QED) is 0.829. The standard InChI is InChI=1S/C18H23BrN2/c1-18(2,3)14-6-4-13(5-7-14)17(12-20)21-16-10-8-15(19)9-11-16/h4-11,17,21H,12,20H2,1-3H3. The lowest BCUT2D eigenvalue weighted by atomic mass is 9.86. The van der Waals surface area contributed by atoms with Gasteiger partial charge in [0, 0.05) is 16.7 Å². The summed E-state index contributed by atoms with van der Waals surface area (Å²) in [5.74, 6) is 0. The molecule has 0 heterocycles. The van der Waals surface area contributed by atoms with Gasteiger partial charge in [-0.05, 0) is 40.8 Å². The molecule has 2 aromatic rings. The highest BCUT2D eigenvalue weighted by atomic mass is 79.9. The van der Waals surface area contributed by atoms with E-state index < -0.39 is 0 Å². The average Bonchev–Trinajstić information content (AvgIpc) is 2.46. The molecule has 2 nitrogen and oxygen atoms in total. The van der Waals surface area contributed by atoms with Gasteiger partial charge in [-0.2, -0.15) is 0 Å². The maximum Gasteiger partial charge on any atom is 0.0636 e. The van der Waals surface area contributed by atoms with E-state index in [1.54, 1.807) is 0 Å². The zero-order chi connectivity index (χ0) is 15.5. The minimum absolute atomic E-state index is 0.125. The molecule has 21 heavy (non-hydrogen) atoms. The molecule has 0 saturated heterocycles. The zero-order valence-corrected chi connectivity index (χ0v) is 14.4. The Morgan fingerprint density at radius 1 is 1.00 bits per heavy atom. The van der Waals surface area contributed by atoms with Crippen LogP contribution in [-0.2, 0) is 5.41 Å². The van der Waals surface area contributed by atoms with Gasteiger partial charge in [-0.3, -0.25) is 0 Å². The van der Waals surface area contributed by atoms with Crippen molar-refractivity contribution in [1.29, 1.82) is 0 Å². The summed E-state index contributed by atoms with van der Waals surface area (Å²) in [5.41, 5.74) is 9.74. The highest BCUT2D eigenvalue weighted by Gasteiger charge is 2.15. The molecule has 0 aliphatic heterocycles. The molecule has 3 heteroatoms. The Kier molecular flexibility index (Phi) is 5.07. The fraction of sp³-hybridized carbons (Fsp3) is 0.333. The molecule has 0 aliphatic rings. The van der Waals surface area contributed by atoms with Gasteiger partial charge >= 0.3 is 0 Å². The van der Waals surface area contributed by atoms with Gasteiger partial charge in [0.15, 0.2) is 0 Å². The van der Waals surface area contributed by atoms with Crippen molar-refractivity contribution in [3.63, 3.8) is 0 Å². The lowest BCUT2D eigenvalue weighted by Crippen LogP contribution is -2.21. The van der Waals surface area contributed by atoms with Crippen LogP contribution in [0.3, 0.4) is 0 Å². The van der Waals surface area contributed by atoms with Gasteiger partial charge < -0.3 is 11.1 Å². The largest absolute Gasteiger partial charge is 0.377 e. The Labute approximate surface area is 135 Å². The van der Waals surface area contributed by atoms with Gasteiger partial charge in [-0.1, -0.05) is 61.0 Å². The SMILES string of the molecule is CC(C)(C)c1ccc(C(CN)Nc2ccc(Br)cc2)cc1. The first-order valence-electron chi connectivity index (χ1n) is 7.23. The van der Waals surface area contributed by atoms with Crippen LogP contribution in [0, 0.1) is 0 Å². The maximum atomic E-state index is 5.93. The molecule has 2 aromatic carbocycles. The van der Waals surface area contributed by atoms with Gasteiger partial charge in [0.05, 0.1) is 6.04 Å². The second-order valence-corrected chi connectivity index (χ2v) is 7.23. The Morgan fingerprint density at radius 2 is 1.57 bits per heavy atom. The minimum Gasteiger partial charge on any atom is -0.377 e. The molecule has 0 amide bonds. The Morgan fingerprint density at radius 3 is 2.05 bits per heavy atom. The van der Waals surface area contributed by atoms with Crippen LogP contribution < -0.4 is 11.1 Å². The summed E-state index contributed by atoms with van der Waals surface area (Å²) < 4.78 is 1.08. The maximum absolute atomic E-state index is 5.93. The fourth-order valence-corrected chi connectivity index (χ4v) is 2.51. The number of hydrogen-bond donors (Lipinski definition) is 2. The summed E-state index contributed by atoms with van der Waals surface area (Å²) in [7, 11) is 0. The van der Waals surface area contributed by atoms with Crippen molar-refractivity contribution in [1.82, 2.24) is 0 Å². The second kappa shape index (κ2) is 6.63. The molecule has 0 bridgehead atoms. The Bertz CT molecular complexity index is 568. The van der Waals surface area contributed by atoms with E-state index in [0.717, 1.165) is 10.2 Å². The smallest absolute Gasteiger partial charge is 0.0636 e. The van der Waals surface area contributed by atoms with Crippen molar-refractivity contribution in [3.05, 3.63) is 64.1 Å². The van der Waals surface area contributed by atoms with E-state index in [-0.39, 0.29) is 11.5 Å². The van der Waals surface area contributed by atoms with Crippen LogP contribution >= 0.6 is 15.9 Å². The number of halogens is 1. The Balaban J connectivity index is 2.15. The number of benzene rings is 2. The number of nitrogens with one attached hydrogen (secondary N) is 1. The normalized spacial score (nSPS) is 13.0. The third-order valence-corrected chi connectivity index (χ3v) is 4.13. The number of hydrogen-bond acceptors (Lipinski definition) is 2. The third kappa shape index (κ3) is 4.32. The lowest BCUT2D eigenvalue weighted by Gasteiger charge is -2.22. The summed E-state index contributed by atoms with van der Waals surface area (Å²) >= 11 is 3.45. The average molecular weight is 347 g/mol. The van der Waals surface area contributed by atoms with Crippen LogP contribution in [0.4, 0.5) is 5.69 Å². The minimum atomic E-state index is 0.125. The third-order valence-electron chi connectivity index (χ3n) is 3.60. The van der Waals surface area contributed by atoms with E-state index in [1.165, 1.54) is 11.1 Å². The monoisotopic (exact) mass is 346 g/mol. The summed E-state index contributed by atoms with van der Waals surface area (Å²) in [4.78, 5) is 0. The van der Waals surface area contributed by atoms with E-state index in [4.69, 9.17) is 5.73 Å². The van der Waals surface area contributed by atoms with E-state index in [2.05, 4.69) is 78.4 Å². The molecule has 0 spiro atoms. The molecule has 0 fully saturated rings. The summed E-state index contributed by atoms with van der Waals surface area (Å²) in [6.07, 6.45) is 0. The molecule has 2 rings (SSSR count). The van der Waals surface area contributed by atoms with Crippen LogP contribution in [0.1, 0.15) is 37.9 Å². The van der Waals surface area contributed by atoms with Gasteiger partial charge in [0.2, 0.25) is 0 Å². The summed E-state index contributed by atoms with van der Waals surface area (Å²) in [6.45, 7) is 7.23. The van der Waals surface area contributed by atoms with Crippen LogP contribution in [0.5, 0.6) is 0 Å². The molecular formula is C18H23BrN2. The predicted octanol–water partition coefficient (Wildman–Crippen LogP) is 4.86. The lowest BCUT2D eigenvalue weighted by molar-refractivity contribution is 0.589. The van der Waals surface area contributed by atoms with E-state index >= 15 is 0 Å². The molecule has 1 atom stereocenters. The molecule has 112 valence electrons. The molecule has 3 N–H and O–H groups in total. The number of anilines is 1. The van der Waals surface area contributed by atoms with E-state index in [1.807, 2.05) is 12.1 Å². The number of rotatable bonds is 4. The molecule has 0 aliphatic carbocycles. The molecular weight excluding hydrogens is 324 g/mol. The van der Waals surface area contributed by atoms with Crippen molar-refractivity contribution in [3.8, 4) is 0 Å². The predicted molar refractivity (Wildman–Crippen MR) is 94.7 cm³/mol. The second-order valence-electron chi connectivity index (χ2n) is 6.31. The van der Waals surface area contributed by atoms with Crippen LogP contribution in [0.25, 0.3) is 0 Å². The highest BCUT2D eigenvalue weighted by molar-refractivity contribution is 9.10. The first kappa shape index (κ1) is 16.1. The van der Waals surface area contributed by atoms with Crippen molar-refractivity contribution in [2.24, 2.45) is 5.73 Å². The van der Waals surface area contributed by atoms with Gasteiger partial charge in [-0.25, -0.2) is 0 Å². The number of nitrogens with two attached hydrogens (primary N) is 1. The van der Waals surface area contributed by atoms with Crippen LogP contribution in [-0.4, -0.2) is 6.54 Å². The zero-order valence-electron chi connectivity index (χ0n) is 12.9. The van der Waals surface area contributed by atoms with Crippen LogP contribution in [0.2, 0.25) is 0 Å². The van der Waals surface area contributed by atoms with Gasteiger partial charge in [-0.15, -0.1) is 0 Å². The summed E-state index contributed by atoms with van der Waals surface area (Å²) in [6, 6.07) is 17.0. The Hall–Kier alpha value is -1.32. The van der Waals surface area contributed by atoms with Gasteiger partial charge in [0.1, 0.15) is 0 Å². The first-order valence-corrected chi connectivity index (χ1v) is 8.02. The van der Waals surface area contributed by atoms with Crippen molar-refractivity contribution >= 4 is 21.6 Å². The summed E-state index contributed by atoms with van der Waals surface area (Å²) in [5, 5.41) is 3.48. The molecule has 1 unspecified atom stereocenters. The molecule has 0 radical (unpaired) electrons. The van der Waals surface area contributed by atoms with E-state index in [9.17, 15) is 0 Å². The first-order chi connectivity index (χ1) is 9.90. The van der Waals surface area contributed by atoms with Gasteiger partial charge in [0.25, 0.3) is 0 Å². The van der Waals surface area contributed by atoms with Crippen LogP contribution in [0.15, 0.2) is 53.0 Å². The van der Waals surface area contributed by atoms with Crippen molar-refractivity contribution < 1.29 is 0 Å². The fourth-order valence-electron chi connectivity index (χ4n) is 2.24.